The number of carbonyl (C=O) groups is 1. The van der Waals surface area contributed by atoms with Gasteiger partial charge in [0, 0.05) is 43.0 Å². The highest BCUT2D eigenvalue weighted by Crippen LogP contribution is 2.28. The zero-order chi connectivity index (χ0) is 31.3. The minimum Gasteiger partial charge on any atom is -0.382 e. The topological polar surface area (TPSA) is 120 Å². The number of morpholine rings is 1. The van der Waals surface area contributed by atoms with Gasteiger partial charge in [-0.1, -0.05) is 61.5 Å². The SMILES string of the molecule is CCCn1c(C)c(C(=O)Nc2ccc(-c3nc(-c4ccc(CN5CCOCC5)cc4)cnc3N)cc2)c(=O)n1-c1ccccc1. The molecule has 1 saturated heterocycles. The Bertz CT molecular complexity index is 1840. The van der Waals surface area contributed by atoms with E-state index in [0.717, 1.165) is 56.1 Å². The minimum absolute atomic E-state index is 0.121. The van der Waals surface area contributed by atoms with E-state index in [1.807, 2.05) is 54.1 Å². The molecule has 45 heavy (non-hydrogen) atoms. The number of hydrogen-bond acceptors (Lipinski definition) is 7. The van der Waals surface area contributed by atoms with Crippen LogP contribution in [0.25, 0.3) is 28.2 Å². The Morgan fingerprint density at radius 2 is 1.64 bits per heavy atom. The van der Waals surface area contributed by atoms with Gasteiger partial charge in [0.15, 0.2) is 0 Å². The van der Waals surface area contributed by atoms with Gasteiger partial charge >= 0.3 is 0 Å². The lowest BCUT2D eigenvalue weighted by Gasteiger charge is -2.26. The predicted molar refractivity (Wildman–Crippen MR) is 176 cm³/mol. The maximum absolute atomic E-state index is 13.5. The molecule has 3 heterocycles. The molecule has 2 aromatic heterocycles. The molecule has 1 aliphatic heterocycles. The molecule has 1 aliphatic rings. The van der Waals surface area contributed by atoms with Gasteiger partial charge in [0.1, 0.15) is 17.1 Å². The van der Waals surface area contributed by atoms with Gasteiger partial charge in [-0.3, -0.25) is 19.2 Å². The molecule has 0 aliphatic carbocycles. The first kappa shape index (κ1) is 30.0. The summed E-state index contributed by atoms with van der Waals surface area (Å²) in [4.78, 5) is 38.5. The van der Waals surface area contributed by atoms with Crippen LogP contribution in [0.1, 0.15) is 35.0 Å². The molecule has 0 bridgehead atoms. The van der Waals surface area contributed by atoms with Crippen molar-refractivity contribution in [2.45, 2.75) is 33.4 Å². The third-order valence-corrected chi connectivity index (χ3v) is 8.04. The van der Waals surface area contributed by atoms with Crippen LogP contribution in [-0.4, -0.2) is 56.4 Å². The smallest absolute Gasteiger partial charge is 0.284 e. The van der Waals surface area contributed by atoms with E-state index in [0.29, 0.717) is 35.1 Å². The number of aromatic nitrogens is 4. The molecule has 3 aromatic carbocycles. The zero-order valence-electron chi connectivity index (χ0n) is 25.6. The van der Waals surface area contributed by atoms with Crippen molar-refractivity contribution in [1.29, 1.82) is 0 Å². The van der Waals surface area contributed by atoms with Crippen molar-refractivity contribution in [3.63, 3.8) is 0 Å². The van der Waals surface area contributed by atoms with Crippen molar-refractivity contribution >= 4 is 17.4 Å². The average molecular weight is 604 g/mol. The largest absolute Gasteiger partial charge is 0.382 e. The molecule has 3 N–H and O–H groups in total. The summed E-state index contributed by atoms with van der Waals surface area (Å²) in [6.07, 6.45) is 2.50. The van der Waals surface area contributed by atoms with E-state index in [4.69, 9.17) is 15.5 Å². The molecule has 0 radical (unpaired) electrons. The number of nitrogens with zero attached hydrogens (tertiary/aromatic N) is 5. The Kier molecular flexibility index (Phi) is 8.86. The van der Waals surface area contributed by atoms with Crippen molar-refractivity contribution < 1.29 is 9.53 Å². The van der Waals surface area contributed by atoms with E-state index in [1.54, 1.807) is 29.9 Å². The van der Waals surface area contributed by atoms with Gasteiger partial charge in [0.25, 0.3) is 11.5 Å². The van der Waals surface area contributed by atoms with Gasteiger partial charge in [-0.05, 0) is 43.2 Å². The van der Waals surface area contributed by atoms with Crippen LogP contribution in [0.15, 0.2) is 89.9 Å². The van der Waals surface area contributed by atoms with Gasteiger partial charge < -0.3 is 15.8 Å². The third kappa shape index (κ3) is 6.43. The van der Waals surface area contributed by atoms with Crippen LogP contribution in [0.2, 0.25) is 0 Å². The Labute approximate surface area is 262 Å². The molecule has 10 heteroatoms. The van der Waals surface area contributed by atoms with Crippen LogP contribution in [0.3, 0.4) is 0 Å². The molecule has 0 unspecified atom stereocenters. The Morgan fingerprint density at radius 3 is 2.33 bits per heavy atom. The summed E-state index contributed by atoms with van der Waals surface area (Å²) in [5.41, 5.74) is 12.1. The summed E-state index contributed by atoms with van der Waals surface area (Å²) in [6, 6.07) is 24.9. The van der Waals surface area contributed by atoms with E-state index in [9.17, 15) is 9.59 Å². The first-order valence-corrected chi connectivity index (χ1v) is 15.2. The number of benzene rings is 3. The number of nitrogens with one attached hydrogen (secondary N) is 1. The van der Waals surface area contributed by atoms with E-state index in [1.165, 1.54) is 5.56 Å². The molecule has 230 valence electrons. The Morgan fingerprint density at radius 1 is 0.956 bits per heavy atom. The normalized spacial score (nSPS) is 13.6. The monoisotopic (exact) mass is 603 g/mol. The molecule has 5 aromatic rings. The summed E-state index contributed by atoms with van der Waals surface area (Å²) in [5, 5.41) is 2.90. The molecule has 0 atom stereocenters. The Hall–Kier alpha value is -5.06. The van der Waals surface area contributed by atoms with Crippen molar-refractivity contribution in [2.75, 3.05) is 37.4 Å². The number of ether oxygens (including phenoxy) is 1. The zero-order valence-corrected chi connectivity index (χ0v) is 25.6. The lowest BCUT2D eigenvalue weighted by atomic mass is 10.1. The highest BCUT2D eigenvalue weighted by Gasteiger charge is 2.23. The Balaban J connectivity index is 1.20. The fourth-order valence-corrected chi connectivity index (χ4v) is 5.67. The van der Waals surface area contributed by atoms with Crippen LogP contribution in [0, 0.1) is 6.92 Å². The second-order valence-electron chi connectivity index (χ2n) is 11.1. The molecule has 10 nitrogen and oxygen atoms in total. The quantitative estimate of drug-likeness (QED) is 0.239. The molecule has 0 spiro atoms. The van der Waals surface area contributed by atoms with Crippen molar-refractivity contribution in [3.05, 3.63) is 112 Å². The second-order valence-corrected chi connectivity index (χ2v) is 11.1. The molecule has 0 saturated carbocycles. The van der Waals surface area contributed by atoms with Crippen LogP contribution in [0.5, 0.6) is 0 Å². The maximum Gasteiger partial charge on any atom is 0.284 e. The lowest BCUT2D eigenvalue weighted by Crippen LogP contribution is -2.35. The number of nitrogen functional groups attached to an aromatic ring is 1. The average Bonchev–Trinajstić information content (AvgIpc) is 3.31. The lowest BCUT2D eigenvalue weighted by molar-refractivity contribution is 0.0342. The number of hydrogen-bond donors (Lipinski definition) is 2. The van der Waals surface area contributed by atoms with E-state index < -0.39 is 5.91 Å². The first-order chi connectivity index (χ1) is 21.9. The van der Waals surface area contributed by atoms with Crippen molar-refractivity contribution in [1.82, 2.24) is 24.2 Å². The molecular formula is C35H37N7O3. The standard InChI is InChI=1S/C35H37N7O3/c1-3-17-41-24(2)31(35(44)42(41)29-7-5-4-6-8-29)34(43)38-28-15-13-27(14-16-28)32-33(36)37-22-30(39-32)26-11-9-25(10-12-26)23-40-18-20-45-21-19-40/h4-16,22H,3,17-21,23H2,1-2H3,(H2,36,37)(H,38,43). The number of anilines is 2. The van der Waals surface area contributed by atoms with Crippen LogP contribution in [0.4, 0.5) is 11.5 Å². The third-order valence-electron chi connectivity index (χ3n) is 8.04. The van der Waals surface area contributed by atoms with E-state index in [-0.39, 0.29) is 11.1 Å². The summed E-state index contributed by atoms with van der Waals surface area (Å²) in [7, 11) is 0. The first-order valence-electron chi connectivity index (χ1n) is 15.2. The highest BCUT2D eigenvalue weighted by molar-refractivity contribution is 6.05. The maximum atomic E-state index is 13.5. The van der Waals surface area contributed by atoms with Gasteiger partial charge in [-0.15, -0.1) is 0 Å². The number of amides is 1. The van der Waals surface area contributed by atoms with E-state index in [2.05, 4.69) is 39.5 Å². The van der Waals surface area contributed by atoms with Gasteiger partial charge in [0.05, 0.1) is 36.5 Å². The molecule has 1 amide bonds. The summed E-state index contributed by atoms with van der Waals surface area (Å²) >= 11 is 0. The number of nitrogens with two attached hydrogens (primary N) is 1. The predicted octanol–water partition coefficient (Wildman–Crippen LogP) is 5.15. The number of rotatable bonds is 9. The second kappa shape index (κ2) is 13.3. The highest BCUT2D eigenvalue weighted by atomic mass is 16.5. The van der Waals surface area contributed by atoms with E-state index >= 15 is 0 Å². The van der Waals surface area contributed by atoms with Crippen molar-refractivity contribution in [3.8, 4) is 28.2 Å². The van der Waals surface area contributed by atoms with Crippen molar-refractivity contribution in [2.24, 2.45) is 0 Å². The van der Waals surface area contributed by atoms with Gasteiger partial charge in [-0.2, -0.15) is 0 Å². The number of carbonyl (C=O) groups excluding carboxylic acids is 1. The summed E-state index contributed by atoms with van der Waals surface area (Å²) in [5.74, 6) is -0.142. The van der Waals surface area contributed by atoms with Crippen LogP contribution >= 0.6 is 0 Å². The summed E-state index contributed by atoms with van der Waals surface area (Å²) < 4.78 is 8.88. The number of para-hydroxylation sites is 1. The fraction of sp³-hybridized carbons (Fsp3) is 0.257. The van der Waals surface area contributed by atoms with Crippen LogP contribution < -0.4 is 16.6 Å². The summed E-state index contributed by atoms with van der Waals surface area (Å²) in [6.45, 7) is 8.78. The molecule has 1 fully saturated rings. The molecule has 6 rings (SSSR count). The minimum atomic E-state index is -0.455. The fourth-order valence-electron chi connectivity index (χ4n) is 5.67. The molecular weight excluding hydrogens is 566 g/mol. The van der Waals surface area contributed by atoms with Gasteiger partial charge in [0.2, 0.25) is 0 Å². The van der Waals surface area contributed by atoms with Crippen LogP contribution in [-0.2, 0) is 17.8 Å². The van der Waals surface area contributed by atoms with Gasteiger partial charge in [-0.25, -0.2) is 14.6 Å².